The molecule has 1 atom stereocenters. The number of benzene rings is 2. The number of hydrogen-bond donors (Lipinski definition) is 2. The number of hydrazine groups is 1. The van der Waals surface area contributed by atoms with Gasteiger partial charge in [-0.2, -0.15) is 0 Å². The van der Waals surface area contributed by atoms with Gasteiger partial charge in [0, 0.05) is 4.47 Å². The standard InChI is InChI=1S/C16H18BrClN2O/c1-10(2)21-12-6-3-5-11(9-12)16(20-19)13-7-4-8-14(17)15(13)18/h3-10,16,20H,19H2,1-2H3. The average molecular weight is 370 g/mol. The summed E-state index contributed by atoms with van der Waals surface area (Å²) in [5, 5.41) is 0.649. The highest BCUT2D eigenvalue weighted by Gasteiger charge is 2.17. The van der Waals surface area contributed by atoms with E-state index in [9.17, 15) is 0 Å². The van der Waals surface area contributed by atoms with E-state index in [1.54, 1.807) is 0 Å². The lowest BCUT2D eigenvalue weighted by Crippen LogP contribution is -2.29. The van der Waals surface area contributed by atoms with E-state index in [1.165, 1.54) is 0 Å². The van der Waals surface area contributed by atoms with E-state index in [2.05, 4.69) is 21.4 Å². The van der Waals surface area contributed by atoms with Crippen LogP contribution in [0.15, 0.2) is 46.9 Å². The van der Waals surface area contributed by atoms with Crippen molar-refractivity contribution in [1.29, 1.82) is 0 Å². The van der Waals surface area contributed by atoms with Gasteiger partial charge in [0.05, 0.1) is 17.2 Å². The number of rotatable bonds is 5. The minimum Gasteiger partial charge on any atom is -0.491 e. The summed E-state index contributed by atoms with van der Waals surface area (Å²) in [4.78, 5) is 0. The normalized spacial score (nSPS) is 12.5. The lowest BCUT2D eigenvalue weighted by molar-refractivity contribution is 0.242. The molecule has 0 spiro atoms. The monoisotopic (exact) mass is 368 g/mol. The lowest BCUT2D eigenvalue weighted by atomic mass is 9.99. The topological polar surface area (TPSA) is 47.3 Å². The second-order valence-corrected chi connectivity index (χ2v) is 6.21. The van der Waals surface area contributed by atoms with Crippen LogP contribution in [0.5, 0.6) is 5.75 Å². The Bertz CT molecular complexity index is 619. The first-order valence-corrected chi connectivity index (χ1v) is 7.86. The maximum Gasteiger partial charge on any atom is 0.120 e. The molecule has 0 saturated carbocycles. The second-order valence-electron chi connectivity index (χ2n) is 4.98. The Morgan fingerprint density at radius 2 is 1.90 bits per heavy atom. The maximum atomic E-state index is 6.37. The van der Waals surface area contributed by atoms with Gasteiger partial charge in [-0.25, -0.2) is 5.43 Å². The van der Waals surface area contributed by atoms with E-state index >= 15 is 0 Å². The lowest BCUT2D eigenvalue weighted by Gasteiger charge is -2.20. The minimum absolute atomic E-state index is 0.124. The van der Waals surface area contributed by atoms with Crippen LogP contribution in [0.1, 0.15) is 31.0 Å². The van der Waals surface area contributed by atoms with Crippen LogP contribution in [-0.2, 0) is 0 Å². The van der Waals surface area contributed by atoms with Gasteiger partial charge in [-0.15, -0.1) is 0 Å². The number of nitrogens with one attached hydrogen (secondary N) is 1. The predicted octanol–water partition coefficient (Wildman–Crippen LogP) is 4.44. The summed E-state index contributed by atoms with van der Waals surface area (Å²) in [5.74, 6) is 6.56. The summed E-state index contributed by atoms with van der Waals surface area (Å²) in [7, 11) is 0. The summed E-state index contributed by atoms with van der Waals surface area (Å²) in [6, 6.07) is 13.4. The van der Waals surface area contributed by atoms with E-state index in [1.807, 2.05) is 56.3 Å². The van der Waals surface area contributed by atoms with Gasteiger partial charge < -0.3 is 4.74 Å². The van der Waals surface area contributed by atoms with Crippen molar-refractivity contribution in [3.8, 4) is 5.75 Å². The molecule has 112 valence electrons. The molecule has 3 nitrogen and oxygen atoms in total. The van der Waals surface area contributed by atoms with Crippen LogP contribution in [-0.4, -0.2) is 6.10 Å². The summed E-state index contributed by atoms with van der Waals surface area (Å²) in [5.41, 5.74) is 4.73. The van der Waals surface area contributed by atoms with Gasteiger partial charge in [-0.05, 0) is 59.1 Å². The third-order valence-electron chi connectivity index (χ3n) is 3.02. The van der Waals surface area contributed by atoms with Crippen LogP contribution in [0.2, 0.25) is 5.02 Å². The van der Waals surface area contributed by atoms with Gasteiger partial charge in [-0.3, -0.25) is 5.84 Å². The van der Waals surface area contributed by atoms with Crippen molar-refractivity contribution in [2.45, 2.75) is 26.0 Å². The molecule has 0 radical (unpaired) electrons. The quantitative estimate of drug-likeness (QED) is 0.605. The zero-order chi connectivity index (χ0) is 15.4. The van der Waals surface area contributed by atoms with Crippen LogP contribution in [0, 0.1) is 0 Å². The Balaban J connectivity index is 2.39. The minimum atomic E-state index is -0.203. The van der Waals surface area contributed by atoms with Gasteiger partial charge in [0.2, 0.25) is 0 Å². The van der Waals surface area contributed by atoms with E-state index in [4.69, 9.17) is 22.2 Å². The molecule has 21 heavy (non-hydrogen) atoms. The number of ether oxygens (including phenoxy) is 1. The number of hydrogen-bond acceptors (Lipinski definition) is 3. The Kier molecular flexibility index (Phi) is 5.65. The number of halogens is 2. The Labute approximate surface area is 138 Å². The van der Waals surface area contributed by atoms with Gasteiger partial charge >= 0.3 is 0 Å². The molecule has 0 amide bonds. The Morgan fingerprint density at radius 1 is 1.19 bits per heavy atom. The Hall–Kier alpha value is -1.07. The molecule has 2 rings (SSSR count). The molecule has 2 aromatic rings. The third-order valence-corrected chi connectivity index (χ3v) is 4.33. The first-order valence-electron chi connectivity index (χ1n) is 6.69. The second kappa shape index (κ2) is 7.27. The molecule has 0 heterocycles. The molecule has 0 aliphatic rings. The first kappa shape index (κ1) is 16.3. The van der Waals surface area contributed by atoms with Crippen molar-refractivity contribution in [3.63, 3.8) is 0 Å². The smallest absolute Gasteiger partial charge is 0.120 e. The SMILES string of the molecule is CC(C)Oc1cccc(C(NN)c2cccc(Br)c2Cl)c1. The van der Waals surface area contributed by atoms with Crippen molar-refractivity contribution in [2.24, 2.45) is 5.84 Å². The zero-order valence-corrected chi connectivity index (χ0v) is 14.3. The molecular formula is C16H18BrClN2O. The predicted molar refractivity (Wildman–Crippen MR) is 90.5 cm³/mol. The molecule has 0 fully saturated rings. The van der Waals surface area contributed by atoms with Crippen molar-refractivity contribution >= 4 is 27.5 Å². The van der Waals surface area contributed by atoms with Crippen molar-refractivity contribution in [2.75, 3.05) is 0 Å². The molecule has 0 bridgehead atoms. The Morgan fingerprint density at radius 3 is 2.57 bits per heavy atom. The molecule has 1 unspecified atom stereocenters. The molecule has 0 saturated heterocycles. The van der Waals surface area contributed by atoms with Gasteiger partial charge in [0.1, 0.15) is 5.75 Å². The summed E-state index contributed by atoms with van der Waals surface area (Å²) in [6.07, 6.45) is 0.124. The summed E-state index contributed by atoms with van der Waals surface area (Å²) < 4.78 is 6.57. The molecule has 5 heteroatoms. The van der Waals surface area contributed by atoms with Crippen molar-refractivity contribution < 1.29 is 4.74 Å². The van der Waals surface area contributed by atoms with Crippen LogP contribution in [0.4, 0.5) is 0 Å². The molecule has 0 aliphatic carbocycles. The van der Waals surface area contributed by atoms with Crippen LogP contribution < -0.4 is 16.0 Å². The summed E-state index contributed by atoms with van der Waals surface area (Å²) >= 11 is 9.81. The van der Waals surface area contributed by atoms with Gasteiger partial charge in [0.25, 0.3) is 0 Å². The molecule has 3 N–H and O–H groups in total. The van der Waals surface area contributed by atoms with Gasteiger partial charge in [-0.1, -0.05) is 35.9 Å². The van der Waals surface area contributed by atoms with Crippen molar-refractivity contribution in [3.05, 3.63) is 63.1 Å². The van der Waals surface area contributed by atoms with Crippen LogP contribution >= 0.6 is 27.5 Å². The highest BCUT2D eigenvalue weighted by Crippen LogP contribution is 2.34. The highest BCUT2D eigenvalue weighted by atomic mass is 79.9. The van der Waals surface area contributed by atoms with E-state index in [-0.39, 0.29) is 12.1 Å². The summed E-state index contributed by atoms with van der Waals surface area (Å²) in [6.45, 7) is 3.99. The third kappa shape index (κ3) is 3.98. The molecule has 2 aromatic carbocycles. The van der Waals surface area contributed by atoms with Crippen molar-refractivity contribution in [1.82, 2.24) is 5.43 Å². The first-order chi connectivity index (χ1) is 10.0. The fourth-order valence-corrected chi connectivity index (χ4v) is 2.77. The number of nitrogens with two attached hydrogens (primary N) is 1. The van der Waals surface area contributed by atoms with E-state index in [0.717, 1.165) is 21.3 Å². The van der Waals surface area contributed by atoms with E-state index < -0.39 is 0 Å². The molecule has 0 aliphatic heterocycles. The van der Waals surface area contributed by atoms with Gasteiger partial charge in [0.15, 0.2) is 0 Å². The fourth-order valence-electron chi connectivity index (χ4n) is 2.15. The molecular weight excluding hydrogens is 352 g/mol. The fraction of sp³-hybridized carbons (Fsp3) is 0.250. The average Bonchev–Trinajstić information content (AvgIpc) is 2.44. The van der Waals surface area contributed by atoms with E-state index in [0.29, 0.717) is 5.02 Å². The maximum absolute atomic E-state index is 6.37. The largest absolute Gasteiger partial charge is 0.491 e. The van der Waals surface area contributed by atoms with Crippen LogP contribution in [0.3, 0.4) is 0 Å². The van der Waals surface area contributed by atoms with Crippen LogP contribution in [0.25, 0.3) is 0 Å². The molecule has 0 aromatic heterocycles. The zero-order valence-electron chi connectivity index (χ0n) is 11.9. The highest BCUT2D eigenvalue weighted by molar-refractivity contribution is 9.10.